The van der Waals surface area contributed by atoms with Gasteiger partial charge >= 0.3 is 6.09 Å². The molecule has 53 heavy (non-hydrogen) atoms. The third-order valence-electron chi connectivity index (χ3n) is 10.2. The van der Waals surface area contributed by atoms with Crippen molar-refractivity contribution in [1.82, 2.24) is 19.6 Å². The number of rotatable bonds is 14. The normalized spacial score (nSPS) is 14.7. The van der Waals surface area contributed by atoms with E-state index in [2.05, 4.69) is 48.6 Å². The maximum atomic E-state index is 13.4. The number of pyridine rings is 2. The van der Waals surface area contributed by atoms with Crippen molar-refractivity contribution in [3.8, 4) is 16.9 Å². The van der Waals surface area contributed by atoms with Gasteiger partial charge in [0, 0.05) is 31.3 Å². The molecule has 0 aliphatic heterocycles. The zero-order chi connectivity index (χ0) is 38.2. The summed E-state index contributed by atoms with van der Waals surface area (Å²) in [4.78, 5) is 35.3. The van der Waals surface area contributed by atoms with Gasteiger partial charge in [-0.05, 0) is 103 Å². The number of nitrogens with zero attached hydrogens (tertiary/aromatic N) is 3. The van der Waals surface area contributed by atoms with Gasteiger partial charge in [-0.15, -0.1) is 0 Å². The summed E-state index contributed by atoms with van der Waals surface area (Å²) in [7, 11) is -6.38. The first-order valence-corrected chi connectivity index (χ1v) is 22.4. The minimum atomic E-state index is -4.14. The zero-order valence-electron chi connectivity index (χ0n) is 31.1. The van der Waals surface area contributed by atoms with Gasteiger partial charge in [0.25, 0.3) is 15.9 Å². The van der Waals surface area contributed by atoms with Crippen molar-refractivity contribution in [1.29, 1.82) is 0 Å². The van der Waals surface area contributed by atoms with Gasteiger partial charge < -0.3 is 19.2 Å². The highest BCUT2D eigenvalue weighted by atomic mass is 32.2. The molecule has 2 amide bonds. The van der Waals surface area contributed by atoms with E-state index in [1.165, 1.54) is 29.4 Å². The van der Waals surface area contributed by atoms with Crippen molar-refractivity contribution >= 4 is 30.3 Å². The fourth-order valence-electron chi connectivity index (χ4n) is 5.99. The molecule has 4 aromatic rings. The van der Waals surface area contributed by atoms with Gasteiger partial charge in [0.15, 0.2) is 8.32 Å². The van der Waals surface area contributed by atoms with Crippen molar-refractivity contribution in [3.63, 3.8) is 0 Å². The Labute approximate surface area is 314 Å². The SMILES string of the molecule is CC(C)(C)[Si](C)(C)O[C@H](CN(CCc1ccc(-c2ccc(C(=O)NS(=O)(=O)c3cccnc3)c(OC3CCCCC3)c2)cc1)C(=O)O)c1cccnc1. The third kappa shape index (κ3) is 10.5. The molecule has 1 atom stereocenters. The molecule has 282 valence electrons. The largest absolute Gasteiger partial charge is 0.490 e. The van der Waals surface area contributed by atoms with Crippen molar-refractivity contribution in [2.24, 2.45) is 0 Å². The molecule has 0 spiro atoms. The summed E-state index contributed by atoms with van der Waals surface area (Å²) in [6, 6.07) is 19.6. The Bertz CT molecular complexity index is 1950. The van der Waals surface area contributed by atoms with Crippen LogP contribution < -0.4 is 9.46 Å². The van der Waals surface area contributed by atoms with E-state index >= 15 is 0 Å². The number of benzene rings is 2. The number of carbonyl (C=O) groups excluding carboxylic acids is 1. The van der Waals surface area contributed by atoms with Gasteiger partial charge in [-0.25, -0.2) is 17.9 Å². The Balaban J connectivity index is 1.32. The smallest absolute Gasteiger partial charge is 0.407 e. The lowest BCUT2D eigenvalue weighted by molar-refractivity contribution is 0.0969. The summed E-state index contributed by atoms with van der Waals surface area (Å²) in [6.07, 6.45) is 9.91. The fourth-order valence-corrected chi connectivity index (χ4v) is 8.20. The van der Waals surface area contributed by atoms with Crippen LogP contribution in [0.25, 0.3) is 11.1 Å². The number of amides is 2. The summed E-state index contributed by atoms with van der Waals surface area (Å²) >= 11 is 0. The molecular weight excluding hydrogens is 709 g/mol. The van der Waals surface area contributed by atoms with Crippen molar-refractivity contribution in [2.75, 3.05) is 13.1 Å². The fraction of sp³-hybridized carbons (Fsp3) is 0.400. The van der Waals surface area contributed by atoms with Crippen LogP contribution in [0.1, 0.15) is 80.5 Å². The maximum Gasteiger partial charge on any atom is 0.407 e. The summed E-state index contributed by atoms with van der Waals surface area (Å²) in [6.45, 7) is 11.2. The minimum Gasteiger partial charge on any atom is -0.490 e. The van der Waals surface area contributed by atoms with E-state index in [4.69, 9.17) is 9.16 Å². The van der Waals surface area contributed by atoms with Crippen LogP contribution in [0.4, 0.5) is 4.79 Å². The topological polar surface area (TPSA) is 148 Å². The van der Waals surface area contributed by atoms with Crippen LogP contribution in [0.15, 0.2) is 96.4 Å². The molecule has 1 aliphatic carbocycles. The predicted molar refractivity (Wildman–Crippen MR) is 207 cm³/mol. The number of sulfonamides is 1. The standard InChI is InChI=1S/C40H50N4O7SSi/c1-40(2,3)53(4,5)51-37(32-11-9-22-41-26-32)28-44(39(46)47)24-21-29-15-17-30(18-16-29)31-19-20-35(36(25-31)50-33-12-7-6-8-13-33)38(45)43-52(48,49)34-14-10-23-42-27-34/h9-11,14-20,22-23,25-27,33,37H,6-8,12-13,21,24,28H2,1-5H3,(H,43,45)(H,46,47)/t37-/m1/s1. The molecule has 0 saturated heterocycles. The van der Waals surface area contributed by atoms with E-state index < -0.39 is 36.4 Å². The van der Waals surface area contributed by atoms with Crippen molar-refractivity contribution < 1.29 is 32.3 Å². The molecule has 2 heterocycles. The molecule has 0 unspecified atom stereocenters. The van der Waals surface area contributed by atoms with Crippen LogP contribution in [0.3, 0.4) is 0 Å². The van der Waals surface area contributed by atoms with Gasteiger partial charge in [0.05, 0.1) is 24.3 Å². The average molecular weight is 759 g/mol. The summed E-state index contributed by atoms with van der Waals surface area (Å²) < 4.78 is 41.1. The number of nitrogens with one attached hydrogen (secondary N) is 1. The summed E-state index contributed by atoms with van der Waals surface area (Å²) in [5.41, 5.74) is 3.59. The van der Waals surface area contributed by atoms with Crippen LogP contribution in [-0.2, 0) is 20.9 Å². The third-order valence-corrected chi connectivity index (χ3v) is 16.0. The Kier molecular flexibility index (Phi) is 12.7. The molecule has 2 aromatic heterocycles. The molecule has 2 aromatic carbocycles. The molecule has 1 saturated carbocycles. The second-order valence-corrected chi connectivity index (χ2v) is 21.5. The Hall–Kier alpha value is -4.59. The van der Waals surface area contributed by atoms with Crippen LogP contribution in [0, 0.1) is 0 Å². The lowest BCUT2D eigenvalue weighted by Gasteiger charge is -2.40. The van der Waals surface area contributed by atoms with Crippen LogP contribution in [-0.4, -0.2) is 67.9 Å². The first kappa shape index (κ1) is 39.6. The molecule has 0 radical (unpaired) electrons. The number of ether oxygens (including phenoxy) is 1. The molecule has 1 aliphatic rings. The van der Waals surface area contributed by atoms with E-state index in [0.29, 0.717) is 12.2 Å². The van der Waals surface area contributed by atoms with Crippen molar-refractivity contribution in [2.45, 2.75) is 94.5 Å². The average Bonchev–Trinajstić information content (AvgIpc) is 3.13. The van der Waals surface area contributed by atoms with Gasteiger partial charge in [0.1, 0.15) is 10.6 Å². The van der Waals surface area contributed by atoms with E-state index in [9.17, 15) is 23.1 Å². The van der Waals surface area contributed by atoms with Crippen LogP contribution >= 0.6 is 0 Å². The first-order chi connectivity index (χ1) is 25.1. The van der Waals surface area contributed by atoms with Crippen molar-refractivity contribution in [3.05, 3.63) is 108 Å². The second kappa shape index (κ2) is 17.0. The monoisotopic (exact) mass is 758 g/mol. The van der Waals surface area contributed by atoms with Gasteiger partial charge in [-0.1, -0.05) is 63.6 Å². The quantitative estimate of drug-likeness (QED) is 0.121. The second-order valence-electron chi connectivity index (χ2n) is 15.0. The Morgan fingerprint density at radius 3 is 2.21 bits per heavy atom. The highest BCUT2D eigenvalue weighted by Gasteiger charge is 2.40. The first-order valence-electron chi connectivity index (χ1n) is 18.1. The molecule has 5 rings (SSSR count). The molecule has 2 N–H and O–H groups in total. The van der Waals surface area contributed by atoms with Crippen LogP contribution in [0.2, 0.25) is 18.1 Å². The summed E-state index contributed by atoms with van der Waals surface area (Å²) in [5, 5.41) is 10.2. The highest BCUT2D eigenvalue weighted by Crippen LogP contribution is 2.40. The Morgan fingerprint density at radius 1 is 0.943 bits per heavy atom. The lowest BCUT2D eigenvalue weighted by Crippen LogP contribution is -2.45. The van der Waals surface area contributed by atoms with E-state index in [-0.39, 0.29) is 34.7 Å². The van der Waals surface area contributed by atoms with E-state index in [0.717, 1.165) is 54.4 Å². The Morgan fingerprint density at radius 2 is 1.60 bits per heavy atom. The minimum absolute atomic E-state index is 0.0559. The number of carbonyl (C=O) groups is 2. The maximum absolute atomic E-state index is 13.4. The number of aromatic nitrogens is 2. The van der Waals surface area contributed by atoms with Crippen LogP contribution in [0.5, 0.6) is 5.75 Å². The summed E-state index contributed by atoms with van der Waals surface area (Å²) in [5.74, 6) is -0.470. The number of hydrogen-bond acceptors (Lipinski definition) is 8. The molecule has 0 bridgehead atoms. The van der Waals surface area contributed by atoms with Gasteiger partial charge in [-0.2, -0.15) is 0 Å². The van der Waals surface area contributed by atoms with E-state index in [1.54, 1.807) is 30.6 Å². The molecule has 11 nitrogen and oxygen atoms in total. The zero-order valence-corrected chi connectivity index (χ0v) is 32.9. The van der Waals surface area contributed by atoms with Gasteiger partial charge in [-0.3, -0.25) is 14.8 Å². The number of hydrogen-bond donors (Lipinski definition) is 2. The molecular formula is C40H50N4O7SSi. The van der Waals surface area contributed by atoms with Gasteiger partial charge in [0.2, 0.25) is 0 Å². The van der Waals surface area contributed by atoms with E-state index in [1.807, 2.05) is 36.4 Å². The molecule has 1 fully saturated rings. The lowest BCUT2D eigenvalue weighted by atomic mass is 9.97. The predicted octanol–water partition coefficient (Wildman–Crippen LogP) is 8.26. The number of carboxylic acid groups (broad SMARTS) is 1. The molecule has 13 heteroatoms. The highest BCUT2D eigenvalue weighted by molar-refractivity contribution is 7.90.